The zero-order valence-corrected chi connectivity index (χ0v) is 11.3. The standard InChI is InChI=1S/C15H20N2O/c1-4-12-5-7-13(8-6-12)9-10-17-14(18)15(2,3)11-16/h5-8H,4,9-10H2,1-3H3,(H,17,18). The van der Waals surface area contributed by atoms with Gasteiger partial charge in [0.1, 0.15) is 5.41 Å². The van der Waals surface area contributed by atoms with Crippen molar-refractivity contribution in [3.05, 3.63) is 35.4 Å². The number of carbonyl (C=O) groups excluding carboxylic acids is 1. The van der Waals surface area contributed by atoms with Gasteiger partial charge in [0.05, 0.1) is 6.07 Å². The average Bonchev–Trinajstić information content (AvgIpc) is 2.39. The molecular weight excluding hydrogens is 224 g/mol. The van der Waals surface area contributed by atoms with E-state index in [0.29, 0.717) is 6.54 Å². The second-order valence-electron chi connectivity index (χ2n) is 4.91. The van der Waals surface area contributed by atoms with Gasteiger partial charge in [0.2, 0.25) is 5.91 Å². The molecule has 0 bridgehead atoms. The van der Waals surface area contributed by atoms with Crippen molar-refractivity contribution < 1.29 is 4.79 Å². The maximum atomic E-state index is 11.7. The molecule has 0 aliphatic rings. The monoisotopic (exact) mass is 244 g/mol. The summed E-state index contributed by atoms with van der Waals surface area (Å²) in [5.74, 6) is -0.213. The van der Waals surface area contributed by atoms with Gasteiger partial charge >= 0.3 is 0 Å². The molecule has 18 heavy (non-hydrogen) atoms. The van der Waals surface area contributed by atoms with E-state index in [-0.39, 0.29) is 5.91 Å². The van der Waals surface area contributed by atoms with E-state index >= 15 is 0 Å². The zero-order chi connectivity index (χ0) is 13.6. The summed E-state index contributed by atoms with van der Waals surface area (Å²) in [6, 6.07) is 10.4. The molecule has 1 amide bonds. The molecule has 1 aromatic carbocycles. The average molecular weight is 244 g/mol. The molecule has 3 heteroatoms. The van der Waals surface area contributed by atoms with Gasteiger partial charge in [-0.2, -0.15) is 5.26 Å². The highest BCUT2D eigenvalue weighted by Crippen LogP contribution is 2.12. The number of nitrogens with one attached hydrogen (secondary N) is 1. The number of benzene rings is 1. The lowest BCUT2D eigenvalue weighted by Crippen LogP contribution is -2.36. The van der Waals surface area contributed by atoms with E-state index in [4.69, 9.17) is 5.26 Å². The van der Waals surface area contributed by atoms with Crippen LogP contribution in [0, 0.1) is 16.7 Å². The molecule has 0 heterocycles. The maximum absolute atomic E-state index is 11.7. The zero-order valence-electron chi connectivity index (χ0n) is 11.3. The Bertz CT molecular complexity index is 441. The van der Waals surface area contributed by atoms with E-state index in [1.54, 1.807) is 13.8 Å². The molecule has 0 aliphatic carbocycles. The lowest BCUT2D eigenvalue weighted by atomic mass is 9.95. The van der Waals surface area contributed by atoms with Crippen LogP contribution in [0.3, 0.4) is 0 Å². The lowest BCUT2D eigenvalue weighted by molar-refractivity contribution is -0.126. The van der Waals surface area contributed by atoms with E-state index in [0.717, 1.165) is 12.8 Å². The Labute approximate surface area is 109 Å². The van der Waals surface area contributed by atoms with Crippen molar-refractivity contribution in [2.45, 2.75) is 33.6 Å². The summed E-state index contributed by atoms with van der Waals surface area (Å²) in [6.07, 6.45) is 1.82. The van der Waals surface area contributed by atoms with Crippen molar-refractivity contribution in [1.82, 2.24) is 5.32 Å². The molecule has 1 aromatic rings. The molecule has 0 aliphatic heterocycles. The molecule has 0 atom stereocenters. The van der Waals surface area contributed by atoms with Crippen LogP contribution in [0.5, 0.6) is 0 Å². The first kappa shape index (κ1) is 14.2. The Hall–Kier alpha value is -1.82. The van der Waals surface area contributed by atoms with Gasteiger partial charge in [-0.05, 0) is 37.8 Å². The summed E-state index contributed by atoms with van der Waals surface area (Å²) < 4.78 is 0. The summed E-state index contributed by atoms with van der Waals surface area (Å²) >= 11 is 0. The van der Waals surface area contributed by atoms with Crippen LogP contribution in [-0.2, 0) is 17.6 Å². The molecule has 1 rings (SSSR count). The Morgan fingerprint density at radius 3 is 2.33 bits per heavy atom. The van der Waals surface area contributed by atoms with Crippen LogP contribution in [0.15, 0.2) is 24.3 Å². The Balaban J connectivity index is 2.42. The fourth-order valence-electron chi connectivity index (χ4n) is 1.53. The maximum Gasteiger partial charge on any atom is 0.239 e. The topological polar surface area (TPSA) is 52.9 Å². The third-order valence-corrected chi connectivity index (χ3v) is 2.98. The predicted molar refractivity (Wildman–Crippen MR) is 71.9 cm³/mol. The molecule has 0 spiro atoms. The SMILES string of the molecule is CCc1ccc(CCNC(=O)C(C)(C)C#N)cc1. The van der Waals surface area contributed by atoms with E-state index in [1.807, 2.05) is 6.07 Å². The van der Waals surface area contributed by atoms with Crippen LogP contribution in [0.4, 0.5) is 0 Å². The number of nitrogens with zero attached hydrogens (tertiary/aromatic N) is 1. The smallest absolute Gasteiger partial charge is 0.239 e. The first-order chi connectivity index (χ1) is 8.49. The molecule has 0 fully saturated rings. The van der Waals surface area contributed by atoms with Crippen LogP contribution in [0.2, 0.25) is 0 Å². The van der Waals surface area contributed by atoms with Gasteiger partial charge in [0.25, 0.3) is 0 Å². The summed E-state index contributed by atoms with van der Waals surface area (Å²) in [6.45, 7) is 5.94. The normalized spacial score (nSPS) is 10.8. The van der Waals surface area contributed by atoms with Crippen molar-refractivity contribution in [3.63, 3.8) is 0 Å². The number of aryl methyl sites for hydroxylation is 1. The minimum absolute atomic E-state index is 0.213. The Kier molecular flexibility index (Phi) is 4.91. The minimum atomic E-state index is -0.952. The highest BCUT2D eigenvalue weighted by atomic mass is 16.2. The first-order valence-electron chi connectivity index (χ1n) is 6.27. The number of hydrogen-bond donors (Lipinski definition) is 1. The molecule has 0 aromatic heterocycles. The Morgan fingerprint density at radius 2 is 1.83 bits per heavy atom. The van der Waals surface area contributed by atoms with Crippen molar-refractivity contribution >= 4 is 5.91 Å². The van der Waals surface area contributed by atoms with Crippen molar-refractivity contribution in [2.75, 3.05) is 6.54 Å². The predicted octanol–water partition coefficient (Wildman–Crippen LogP) is 2.46. The van der Waals surface area contributed by atoms with E-state index in [1.165, 1.54) is 11.1 Å². The van der Waals surface area contributed by atoms with Crippen molar-refractivity contribution in [3.8, 4) is 6.07 Å². The largest absolute Gasteiger partial charge is 0.354 e. The van der Waals surface area contributed by atoms with Crippen molar-refractivity contribution in [1.29, 1.82) is 5.26 Å². The highest BCUT2D eigenvalue weighted by molar-refractivity contribution is 5.84. The van der Waals surface area contributed by atoms with Crippen LogP contribution >= 0.6 is 0 Å². The lowest BCUT2D eigenvalue weighted by Gasteiger charge is -2.14. The number of nitriles is 1. The molecular formula is C15H20N2O. The second-order valence-corrected chi connectivity index (χ2v) is 4.91. The fourth-order valence-corrected chi connectivity index (χ4v) is 1.53. The number of amides is 1. The van der Waals surface area contributed by atoms with E-state index < -0.39 is 5.41 Å². The van der Waals surface area contributed by atoms with Gasteiger partial charge in [-0.15, -0.1) is 0 Å². The highest BCUT2D eigenvalue weighted by Gasteiger charge is 2.26. The fraction of sp³-hybridized carbons (Fsp3) is 0.467. The molecule has 0 saturated carbocycles. The summed E-state index contributed by atoms with van der Waals surface area (Å²) in [7, 11) is 0. The van der Waals surface area contributed by atoms with Crippen LogP contribution in [-0.4, -0.2) is 12.5 Å². The Morgan fingerprint density at radius 1 is 1.28 bits per heavy atom. The van der Waals surface area contributed by atoms with Gasteiger partial charge in [0, 0.05) is 6.54 Å². The third-order valence-electron chi connectivity index (χ3n) is 2.98. The molecule has 0 unspecified atom stereocenters. The minimum Gasteiger partial charge on any atom is -0.354 e. The molecule has 3 nitrogen and oxygen atoms in total. The second kappa shape index (κ2) is 6.20. The van der Waals surface area contributed by atoms with Crippen LogP contribution in [0.1, 0.15) is 31.9 Å². The van der Waals surface area contributed by atoms with Gasteiger partial charge in [-0.25, -0.2) is 0 Å². The van der Waals surface area contributed by atoms with Crippen molar-refractivity contribution in [2.24, 2.45) is 5.41 Å². The molecule has 96 valence electrons. The third kappa shape index (κ3) is 3.89. The van der Waals surface area contributed by atoms with E-state index in [2.05, 4.69) is 36.5 Å². The van der Waals surface area contributed by atoms with Crippen LogP contribution in [0.25, 0.3) is 0 Å². The van der Waals surface area contributed by atoms with Crippen LogP contribution < -0.4 is 5.32 Å². The summed E-state index contributed by atoms with van der Waals surface area (Å²) in [5, 5.41) is 11.6. The van der Waals surface area contributed by atoms with Gasteiger partial charge in [-0.1, -0.05) is 31.2 Å². The molecule has 1 N–H and O–H groups in total. The number of carbonyl (C=O) groups is 1. The van der Waals surface area contributed by atoms with Gasteiger partial charge < -0.3 is 5.32 Å². The summed E-state index contributed by atoms with van der Waals surface area (Å²) in [5.41, 5.74) is 1.56. The first-order valence-corrected chi connectivity index (χ1v) is 6.27. The van der Waals surface area contributed by atoms with E-state index in [9.17, 15) is 4.79 Å². The number of hydrogen-bond acceptors (Lipinski definition) is 2. The number of rotatable bonds is 5. The van der Waals surface area contributed by atoms with Gasteiger partial charge in [-0.3, -0.25) is 4.79 Å². The molecule has 0 radical (unpaired) electrons. The summed E-state index contributed by atoms with van der Waals surface area (Å²) in [4.78, 5) is 11.7. The van der Waals surface area contributed by atoms with Gasteiger partial charge in [0.15, 0.2) is 0 Å². The molecule has 0 saturated heterocycles. The quantitative estimate of drug-likeness (QED) is 0.865.